The van der Waals surface area contributed by atoms with Crippen LogP contribution >= 0.6 is 0 Å². The number of halogens is 6. The summed E-state index contributed by atoms with van der Waals surface area (Å²) >= 11 is 0. The first-order chi connectivity index (χ1) is 18.2. The highest BCUT2D eigenvalue weighted by Gasteiger charge is 2.43. The van der Waals surface area contributed by atoms with Crippen LogP contribution in [0.5, 0.6) is 0 Å². The minimum atomic E-state index is -4.98. The van der Waals surface area contributed by atoms with Crippen molar-refractivity contribution in [3.63, 3.8) is 0 Å². The van der Waals surface area contributed by atoms with E-state index in [1.807, 2.05) is 12.1 Å². The van der Waals surface area contributed by atoms with Crippen molar-refractivity contribution in [2.24, 2.45) is 5.92 Å². The number of ether oxygens (including phenoxy) is 2. The Balaban J connectivity index is 1.64. The Morgan fingerprint density at radius 3 is 2.10 bits per heavy atom. The van der Waals surface area contributed by atoms with Crippen LogP contribution < -0.4 is 0 Å². The number of nitrogens with zero attached hydrogens (tertiary/aromatic N) is 2. The lowest BCUT2D eigenvalue weighted by Gasteiger charge is -2.40. The van der Waals surface area contributed by atoms with E-state index in [-0.39, 0.29) is 30.7 Å². The largest absolute Gasteiger partial charge is 0.416 e. The standard InChI is InChI=1S/C26H30F6N2O4S/c1-3-33-10-11-34(39(33,35)36)16-19-9-12-37-24(23(19)18-7-5-4-6-8-18)38-17(2)20-13-21(25(27,28)29)15-22(14-20)26(30,31)32/h4-8,13-15,17,19,23-24H,3,9-12,16H2,1-2H3/t17-,19+,23+,24-/m1/s1. The van der Waals surface area contributed by atoms with Crippen molar-refractivity contribution in [1.29, 1.82) is 0 Å². The zero-order chi connectivity index (χ0) is 28.6. The molecule has 4 atom stereocenters. The van der Waals surface area contributed by atoms with Crippen molar-refractivity contribution in [2.45, 2.75) is 50.9 Å². The fraction of sp³-hybridized carbons (Fsp3) is 0.538. The van der Waals surface area contributed by atoms with Crippen LogP contribution in [-0.2, 0) is 32.0 Å². The summed E-state index contributed by atoms with van der Waals surface area (Å²) < 4.78 is 121. The number of likely N-dealkylation sites (N-methyl/N-ethyl adjacent to an activating group) is 1. The molecule has 0 amide bonds. The summed E-state index contributed by atoms with van der Waals surface area (Å²) in [5, 5.41) is 0. The molecular formula is C26H30F6N2O4S. The number of hydrogen-bond donors (Lipinski definition) is 0. The van der Waals surface area contributed by atoms with Gasteiger partial charge in [0.05, 0.1) is 23.8 Å². The molecule has 2 saturated heterocycles. The lowest BCUT2D eigenvalue weighted by molar-refractivity contribution is -0.209. The van der Waals surface area contributed by atoms with Crippen molar-refractivity contribution >= 4 is 10.2 Å². The highest BCUT2D eigenvalue weighted by atomic mass is 32.2. The van der Waals surface area contributed by atoms with Crippen LogP contribution in [0.2, 0.25) is 0 Å². The van der Waals surface area contributed by atoms with Crippen molar-refractivity contribution in [2.75, 3.05) is 32.8 Å². The van der Waals surface area contributed by atoms with Gasteiger partial charge in [0.2, 0.25) is 0 Å². The van der Waals surface area contributed by atoms with E-state index in [1.165, 1.54) is 15.5 Å². The van der Waals surface area contributed by atoms with Crippen LogP contribution in [0.4, 0.5) is 26.3 Å². The summed E-state index contributed by atoms with van der Waals surface area (Å²) in [6.45, 7) is 4.52. The van der Waals surface area contributed by atoms with Gasteiger partial charge in [-0.05, 0) is 48.6 Å². The molecule has 216 valence electrons. The first-order valence-electron chi connectivity index (χ1n) is 12.6. The minimum absolute atomic E-state index is 0.0756. The predicted molar refractivity (Wildman–Crippen MR) is 131 cm³/mol. The molecule has 0 unspecified atom stereocenters. The van der Waals surface area contributed by atoms with Crippen molar-refractivity contribution in [3.05, 3.63) is 70.8 Å². The fourth-order valence-electron chi connectivity index (χ4n) is 5.15. The second kappa shape index (κ2) is 11.4. The molecule has 0 aliphatic carbocycles. The number of benzene rings is 2. The van der Waals surface area contributed by atoms with Crippen LogP contribution in [0.1, 0.15) is 54.5 Å². The molecule has 4 rings (SSSR count). The van der Waals surface area contributed by atoms with E-state index in [1.54, 1.807) is 25.1 Å². The Morgan fingerprint density at radius 1 is 0.974 bits per heavy atom. The highest BCUT2D eigenvalue weighted by molar-refractivity contribution is 7.87. The topological polar surface area (TPSA) is 59.1 Å². The van der Waals surface area contributed by atoms with Gasteiger partial charge in [0.1, 0.15) is 0 Å². The molecular weight excluding hydrogens is 550 g/mol. The Kier molecular flexibility index (Phi) is 8.67. The smallest absolute Gasteiger partial charge is 0.352 e. The molecule has 39 heavy (non-hydrogen) atoms. The predicted octanol–water partition coefficient (Wildman–Crippen LogP) is 5.83. The van der Waals surface area contributed by atoms with Gasteiger partial charge in [0.25, 0.3) is 10.2 Å². The zero-order valence-corrected chi connectivity index (χ0v) is 22.2. The quantitative estimate of drug-likeness (QED) is 0.387. The Labute approximate surface area is 223 Å². The fourth-order valence-corrected chi connectivity index (χ4v) is 6.81. The van der Waals surface area contributed by atoms with Crippen molar-refractivity contribution < 1.29 is 44.2 Å². The van der Waals surface area contributed by atoms with E-state index < -0.39 is 52.0 Å². The first kappa shape index (κ1) is 29.8. The summed E-state index contributed by atoms with van der Waals surface area (Å²) in [5.41, 5.74) is -2.38. The Morgan fingerprint density at radius 2 is 1.56 bits per heavy atom. The maximum atomic E-state index is 13.4. The van der Waals surface area contributed by atoms with Crippen LogP contribution in [0.15, 0.2) is 48.5 Å². The molecule has 2 heterocycles. The summed E-state index contributed by atoms with van der Waals surface area (Å²) in [4.78, 5) is 0. The van der Waals surface area contributed by atoms with E-state index in [0.29, 0.717) is 38.2 Å². The Bertz CT molecular complexity index is 1210. The molecule has 0 N–H and O–H groups in total. The van der Waals surface area contributed by atoms with Gasteiger partial charge in [-0.3, -0.25) is 0 Å². The third kappa shape index (κ3) is 6.59. The molecule has 0 spiro atoms. The third-order valence-corrected chi connectivity index (χ3v) is 9.29. The van der Waals surface area contributed by atoms with E-state index in [2.05, 4.69) is 0 Å². The molecule has 0 bridgehead atoms. The SMILES string of the molecule is CCN1CCN(C[C@@H]2CCO[C@H](O[C@H](C)c3cc(C(F)(F)F)cc(C(F)(F)F)c3)[C@H]2c2ccccc2)S1(=O)=O. The van der Waals surface area contributed by atoms with Gasteiger partial charge < -0.3 is 9.47 Å². The summed E-state index contributed by atoms with van der Waals surface area (Å²) in [5.74, 6) is -0.779. The molecule has 6 nitrogen and oxygen atoms in total. The maximum absolute atomic E-state index is 13.4. The second-order valence-corrected chi connectivity index (χ2v) is 11.6. The van der Waals surface area contributed by atoms with Crippen LogP contribution in [0, 0.1) is 5.92 Å². The lowest BCUT2D eigenvalue weighted by atomic mass is 9.81. The molecule has 2 aromatic carbocycles. The normalized spacial score (nSPS) is 25.6. The van der Waals surface area contributed by atoms with Crippen molar-refractivity contribution in [3.8, 4) is 0 Å². The van der Waals surface area contributed by atoms with Gasteiger partial charge >= 0.3 is 12.4 Å². The van der Waals surface area contributed by atoms with Gasteiger partial charge in [-0.1, -0.05) is 37.3 Å². The van der Waals surface area contributed by atoms with Gasteiger partial charge in [-0.25, -0.2) is 0 Å². The molecule has 2 aromatic rings. The summed E-state index contributed by atoms with van der Waals surface area (Å²) in [7, 11) is -3.63. The molecule has 2 fully saturated rings. The van der Waals surface area contributed by atoms with Gasteiger partial charge in [0.15, 0.2) is 6.29 Å². The number of rotatable bonds is 7. The maximum Gasteiger partial charge on any atom is 0.416 e. The third-order valence-electron chi connectivity index (χ3n) is 7.22. The van der Waals surface area contributed by atoms with E-state index in [4.69, 9.17) is 9.47 Å². The monoisotopic (exact) mass is 580 g/mol. The van der Waals surface area contributed by atoms with Crippen LogP contribution in [-0.4, -0.2) is 56.1 Å². The molecule has 2 aliphatic rings. The zero-order valence-electron chi connectivity index (χ0n) is 21.4. The van der Waals surface area contributed by atoms with Gasteiger partial charge in [0, 0.05) is 32.1 Å². The average molecular weight is 581 g/mol. The number of hydrogen-bond acceptors (Lipinski definition) is 4. The number of alkyl halides is 6. The van der Waals surface area contributed by atoms with Crippen LogP contribution in [0.25, 0.3) is 0 Å². The molecule has 0 saturated carbocycles. The lowest BCUT2D eigenvalue weighted by Crippen LogP contribution is -2.43. The first-order valence-corrected chi connectivity index (χ1v) is 14.0. The van der Waals surface area contributed by atoms with E-state index in [0.717, 1.165) is 5.56 Å². The van der Waals surface area contributed by atoms with E-state index in [9.17, 15) is 34.8 Å². The van der Waals surface area contributed by atoms with E-state index >= 15 is 0 Å². The van der Waals surface area contributed by atoms with Gasteiger partial charge in [-0.15, -0.1) is 0 Å². The van der Waals surface area contributed by atoms with Crippen molar-refractivity contribution in [1.82, 2.24) is 8.61 Å². The minimum Gasteiger partial charge on any atom is -0.352 e. The highest BCUT2D eigenvalue weighted by Crippen LogP contribution is 2.42. The molecule has 0 radical (unpaired) electrons. The summed E-state index contributed by atoms with van der Waals surface area (Å²) in [6.07, 6.45) is -11.7. The molecule has 0 aromatic heterocycles. The molecule has 2 aliphatic heterocycles. The van der Waals surface area contributed by atoms with Crippen LogP contribution in [0.3, 0.4) is 0 Å². The van der Waals surface area contributed by atoms with Gasteiger partial charge in [-0.2, -0.15) is 43.4 Å². The molecule has 13 heteroatoms. The Hall–Kier alpha value is -2.19. The average Bonchev–Trinajstić information content (AvgIpc) is 3.16. The second-order valence-electron chi connectivity index (χ2n) is 9.70. The summed E-state index contributed by atoms with van der Waals surface area (Å²) in [6, 6.07) is 10.4.